The summed E-state index contributed by atoms with van der Waals surface area (Å²) in [7, 11) is -1.51. The normalized spacial score (nSPS) is 15.4. The standard InChI is InChI=1S/C9H19N3OSi/c1-5-6-8(13)7-9(11-12-10)14(2,3)4/h5,8-9,13H,1,6-7H2,2-4H3. The first kappa shape index (κ1) is 13.2. The van der Waals surface area contributed by atoms with Crippen molar-refractivity contribution < 1.29 is 5.11 Å². The maximum Gasteiger partial charge on any atom is 0.0575 e. The van der Waals surface area contributed by atoms with E-state index < -0.39 is 14.2 Å². The van der Waals surface area contributed by atoms with Crippen LogP contribution < -0.4 is 0 Å². The lowest BCUT2D eigenvalue weighted by Gasteiger charge is -2.26. The quantitative estimate of drug-likeness (QED) is 0.238. The number of nitrogens with zero attached hydrogens (tertiary/aromatic N) is 3. The van der Waals surface area contributed by atoms with Crippen LogP contribution in [0.4, 0.5) is 0 Å². The van der Waals surface area contributed by atoms with E-state index in [4.69, 9.17) is 5.53 Å². The molecule has 0 radical (unpaired) electrons. The molecule has 0 fully saturated rings. The average Bonchev–Trinajstić information content (AvgIpc) is 2.02. The molecule has 0 saturated carbocycles. The van der Waals surface area contributed by atoms with Gasteiger partial charge < -0.3 is 5.11 Å². The first-order valence-electron chi connectivity index (χ1n) is 4.75. The van der Waals surface area contributed by atoms with E-state index in [9.17, 15) is 5.11 Å². The van der Waals surface area contributed by atoms with E-state index in [-0.39, 0.29) is 5.67 Å². The molecule has 0 aliphatic heterocycles. The summed E-state index contributed by atoms with van der Waals surface area (Å²) in [5.41, 5.74) is 8.38. The average molecular weight is 213 g/mol. The third-order valence-corrected chi connectivity index (χ3v) is 4.48. The van der Waals surface area contributed by atoms with Crippen molar-refractivity contribution in [3.63, 3.8) is 0 Å². The van der Waals surface area contributed by atoms with Gasteiger partial charge in [0.25, 0.3) is 0 Å². The van der Waals surface area contributed by atoms with Gasteiger partial charge >= 0.3 is 0 Å². The fourth-order valence-corrected chi connectivity index (χ4v) is 2.56. The number of aliphatic hydroxyl groups excluding tert-OH is 1. The molecule has 1 N–H and O–H groups in total. The molecule has 4 nitrogen and oxygen atoms in total. The molecule has 0 aromatic carbocycles. The van der Waals surface area contributed by atoms with E-state index in [1.54, 1.807) is 6.08 Å². The van der Waals surface area contributed by atoms with Crippen molar-refractivity contribution in [1.29, 1.82) is 0 Å². The van der Waals surface area contributed by atoms with Crippen molar-refractivity contribution in [3.8, 4) is 0 Å². The highest BCUT2D eigenvalue weighted by atomic mass is 28.3. The van der Waals surface area contributed by atoms with Crippen molar-refractivity contribution in [3.05, 3.63) is 23.1 Å². The second-order valence-electron chi connectivity index (χ2n) is 4.50. The SMILES string of the molecule is C=CCC(O)CC(N=[N+]=[N-])[Si](C)(C)C. The van der Waals surface area contributed by atoms with Crippen molar-refractivity contribution in [1.82, 2.24) is 0 Å². The van der Waals surface area contributed by atoms with Crippen LogP contribution in [-0.2, 0) is 0 Å². The monoisotopic (exact) mass is 213 g/mol. The Morgan fingerprint density at radius 1 is 1.57 bits per heavy atom. The van der Waals surface area contributed by atoms with E-state index in [0.29, 0.717) is 12.8 Å². The minimum atomic E-state index is -1.51. The summed E-state index contributed by atoms with van der Waals surface area (Å²) in [4.78, 5) is 2.84. The molecule has 2 atom stereocenters. The van der Waals surface area contributed by atoms with Gasteiger partial charge in [-0.25, -0.2) is 0 Å². The molecule has 0 saturated heterocycles. The Bertz CT molecular complexity index is 231. The van der Waals surface area contributed by atoms with Gasteiger partial charge in [0, 0.05) is 10.6 Å². The summed E-state index contributed by atoms with van der Waals surface area (Å²) in [6, 6.07) is 0. The molecule has 0 aliphatic carbocycles. The maximum atomic E-state index is 9.58. The first-order valence-corrected chi connectivity index (χ1v) is 8.32. The Balaban J connectivity index is 4.37. The Kier molecular flexibility index (Phi) is 5.53. The third kappa shape index (κ3) is 5.06. The molecule has 5 heteroatoms. The zero-order chi connectivity index (χ0) is 11.2. The van der Waals surface area contributed by atoms with Crippen LogP contribution in [0.3, 0.4) is 0 Å². The molecule has 2 unspecified atom stereocenters. The van der Waals surface area contributed by atoms with Crippen LogP contribution in [-0.4, -0.2) is 24.9 Å². The predicted octanol–water partition coefficient (Wildman–Crippen LogP) is 2.87. The second-order valence-corrected chi connectivity index (χ2v) is 9.90. The summed E-state index contributed by atoms with van der Waals surface area (Å²) in [5, 5.41) is 13.3. The van der Waals surface area contributed by atoms with Gasteiger partial charge in [-0.2, -0.15) is 0 Å². The van der Waals surface area contributed by atoms with Crippen LogP contribution in [0.2, 0.25) is 19.6 Å². The number of aliphatic hydroxyl groups is 1. The van der Waals surface area contributed by atoms with Gasteiger partial charge in [-0.15, -0.1) is 6.58 Å². The van der Waals surface area contributed by atoms with Gasteiger partial charge in [0.15, 0.2) is 0 Å². The number of rotatable bonds is 6. The van der Waals surface area contributed by atoms with E-state index >= 15 is 0 Å². The third-order valence-electron chi connectivity index (χ3n) is 2.12. The number of azide groups is 1. The van der Waals surface area contributed by atoms with Gasteiger partial charge in [0.05, 0.1) is 14.2 Å². The minimum Gasteiger partial charge on any atom is -0.393 e. The van der Waals surface area contributed by atoms with Gasteiger partial charge in [-0.1, -0.05) is 30.8 Å². The summed E-state index contributed by atoms with van der Waals surface area (Å²) in [6.45, 7) is 9.96. The van der Waals surface area contributed by atoms with Crippen molar-refractivity contribution in [2.45, 2.75) is 44.3 Å². The van der Waals surface area contributed by atoms with E-state index in [0.717, 1.165) is 0 Å². The molecule has 0 aliphatic rings. The summed E-state index contributed by atoms with van der Waals surface area (Å²) < 4.78 is 0. The molecule has 80 valence electrons. The van der Waals surface area contributed by atoms with Crippen LogP contribution in [0.5, 0.6) is 0 Å². The van der Waals surface area contributed by atoms with E-state index in [1.807, 2.05) is 0 Å². The fourth-order valence-electron chi connectivity index (χ4n) is 1.18. The molecule has 0 spiro atoms. The smallest absolute Gasteiger partial charge is 0.0575 e. The van der Waals surface area contributed by atoms with Gasteiger partial charge in [0.2, 0.25) is 0 Å². The highest BCUT2D eigenvalue weighted by Crippen LogP contribution is 2.18. The molecular weight excluding hydrogens is 194 g/mol. The van der Waals surface area contributed by atoms with Gasteiger partial charge in [0.1, 0.15) is 0 Å². The highest BCUT2D eigenvalue weighted by Gasteiger charge is 2.27. The van der Waals surface area contributed by atoms with Crippen LogP contribution >= 0.6 is 0 Å². The number of hydrogen-bond donors (Lipinski definition) is 1. The lowest BCUT2D eigenvalue weighted by molar-refractivity contribution is 0.166. The van der Waals surface area contributed by atoms with Gasteiger partial charge in [-0.05, 0) is 18.4 Å². The molecule has 0 bridgehead atoms. The Hall–Kier alpha value is -0.773. The zero-order valence-corrected chi connectivity index (χ0v) is 10.1. The summed E-state index contributed by atoms with van der Waals surface area (Å²) in [5.74, 6) is 0. The Morgan fingerprint density at radius 3 is 2.50 bits per heavy atom. The largest absolute Gasteiger partial charge is 0.393 e. The minimum absolute atomic E-state index is 0.0394. The Morgan fingerprint density at radius 2 is 2.14 bits per heavy atom. The predicted molar refractivity (Wildman–Crippen MR) is 61.7 cm³/mol. The van der Waals surface area contributed by atoms with E-state index in [2.05, 4.69) is 36.2 Å². The molecule has 0 aromatic heterocycles. The lowest BCUT2D eigenvalue weighted by atomic mass is 10.2. The highest BCUT2D eigenvalue weighted by molar-refractivity contribution is 6.77. The van der Waals surface area contributed by atoms with Crippen LogP contribution in [0.25, 0.3) is 10.4 Å². The zero-order valence-electron chi connectivity index (χ0n) is 9.14. The second kappa shape index (κ2) is 5.85. The van der Waals surface area contributed by atoms with Gasteiger partial charge in [-0.3, -0.25) is 0 Å². The Labute approximate surface area is 86.3 Å². The molecule has 14 heavy (non-hydrogen) atoms. The van der Waals surface area contributed by atoms with Crippen molar-refractivity contribution in [2.75, 3.05) is 0 Å². The molecular formula is C9H19N3OSi. The van der Waals surface area contributed by atoms with Crippen molar-refractivity contribution >= 4 is 8.07 Å². The molecule has 0 aromatic rings. The first-order chi connectivity index (χ1) is 6.41. The topological polar surface area (TPSA) is 69.0 Å². The lowest BCUT2D eigenvalue weighted by Crippen LogP contribution is -2.38. The van der Waals surface area contributed by atoms with Crippen LogP contribution in [0, 0.1) is 0 Å². The molecule has 0 amide bonds. The van der Waals surface area contributed by atoms with Crippen molar-refractivity contribution in [2.24, 2.45) is 5.11 Å². The number of hydrogen-bond acceptors (Lipinski definition) is 2. The summed E-state index contributed by atoms with van der Waals surface area (Å²) >= 11 is 0. The van der Waals surface area contributed by atoms with E-state index in [1.165, 1.54) is 0 Å². The van der Waals surface area contributed by atoms with Crippen LogP contribution in [0.1, 0.15) is 12.8 Å². The molecule has 0 rings (SSSR count). The molecule has 0 heterocycles. The maximum absolute atomic E-state index is 9.58. The van der Waals surface area contributed by atoms with Crippen LogP contribution in [0.15, 0.2) is 17.8 Å². The fraction of sp³-hybridized carbons (Fsp3) is 0.778. The summed E-state index contributed by atoms with van der Waals surface area (Å²) in [6.07, 6.45) is 2.35.